The number of aliphatic carboxylic acids is 2. The number of carbonyl (C=O) groups excluding carboxylic acids is 1. The first kappa shape index (κ1) is 15.4. The molecule has 0 aromatic carbocycles. The molecule has 0 aliphatic heterocycles. The zero-order chi connectivity index (χ0) is 15.1. The molecule has 0 radical (unpaired) electrons. The summed E-state index contributed by atoms with van der Waals surface area (Å²) in [6, 6.07) is -1.89. The molecule has 0 spiro atoms. The van der Waals surface area contributed by atoms with Crippen molar-refractivity contribution in [1.82, 2.24) is 25.4 Å². The molecule has 0 saturated carbocycles. The maximum Gasteiger partial charge on any atom is 0.326 e. The average Bonchev–Trinajstić information content (AvgIpc) is 2.86. The number of rotatable bonds is 7. The molecule has 10 heteroatoms. The summed E-state index contributed by atoms with van der Waals surface area (Å²) >= 11 is 0. The SMILES string of the molecule is CN(Cc1ncn[nH]1)C(=O)N[C@@H](CCC(=O)O)C(=O)O. The second-order valence-electron chi connectivity index (χ2n) is 4.06. The van der Waals surface area contributed by atoms with E-state index in [1.165, 1.54) is 18.3 Å². The molecule has 1 rings (SSSR count). The predicted molar refractivity (Wildman–Crippen MR) is 64.7 cm³/mol. The summed E-state index contributed by atoms with van der Waals surface area (Å²) < 4.78 is 0. The van der Waals surface area contributed by atoms with Crippen LogP contribution in [0.15, 0.2) is 6.33 Å². The van der Waals surface area contributed by atoms with Crippen molar-refractivity contribution in [3.05, 3.63) is 12.2 Å². The standard InChI is InChI=1S/C10H15N5O5/c1-15(4-7-11-5-12-14-7)10(20)13-6(9(18)19)2-3-8(16)17/h5-6H,2-4H2,1H3,(H,13,20)(H,16,17)(H,18,19)(H,11,12,14)/t6-/m0/s1. The average molecular weight is 285 g/mol. The maximum atomic E-state index is 11.8. The Balaban J connectivity index is 2.52. The van der Waals surface area contributed by atoms with E-state index >= 15 is 0 Å². The lowest BCUT2D eigenvalue weighted by Crippen LogP contribution is -2.46. The molecule has 0 saturated heterocycles. The molecule has 0 unspecified atom stereocenters. The summed E-state index contributed by atoms with van der Waals surface area (Å²) in [5.74, 6) is -1.96. The molecule has 1 atom stereocenters. The minimum Gasteiger partial charge on any atom is -0.481 e. The van der Waals surface area contributed by atoms with Gasteiger partial charge in [-0.1, -0.05) is 0 Å². The fourth-order valence-electron chi connectivity index (χ4n) is 1.39. The van der Waals surface area contributed by atoms with Crippen LogP contribution in [0.25, 0.3) is 0 Å². The van der Waals surface area contributed by atoms with Crippen LogP contribution in [-0.2, 0) is 16.1 Å². The Hall–Kier alpha value is -2.65. The molecule has 1 aromatic rings. The predicted octanol–water partition coefficient (Wildman–Crippen LogP) is -0.736. The third-order valence-corrected chi connectivity index (χ3v) is 2.44. The molecular weight excluding hydrogens is 270 g/mol. The van der Waals surface area contributed by atoms with E-state index in [1.807, 2.05) is 0 Å². The lowest BCUT2D eigenvalue weighted by Gasteiger charge is -2.20. The van der Waals surface area contributed by atoms with Gasteiger partial charge in [0.2, 0.25) is 0 Å². The van der Waals surface area contributed by atoms with Crippen LogP contribution >= 0.6 is 0 Å². The highest BCUT2D eigenvalue weighted by Crippen LogP contribution is 2.01. The third-order valence-electron chi connectivity index (χ3n) is 2.44. The van der Waals surface area contributed by atoms with Crippen molar-refractivity contribution in [2.45, 2.75) is 25.4 Å². The lowest BCUT2D eigenvalue weighted by molar-refractivity contribution is -0.140. The highest BCUT2D eigenvalue weighted by atomic mass is 16.4. The van der Waals surface area contributed by atoms with E-state index in [2.05, 4.69) is 20.5 Å². The van der Waals surface area contributed by atoms with Crippen molar-refractivity contribution in [2.75, 3.05) is 7.05 Å². The summed E-state index contributed by atoms with van der Waals surface area (Å²) in [6.45, 7) is 0.122. The number of hydrogen-bond donors (Lipinski definition) is 4. The van der Waals surface area contributed by atoms with E-state index in [4.69, 9.17) is 10.2 Å². The quantitative estimate of drug-likeness (QED) is 0.515. The number of carboxylic acid groups (broad SMARTS) is 2. The van der Waals surface area contributed by atoms with Gasteiger partial charge in [-0.25, -0.2) is 14.6 Å². The van der Waals surface area contributed by atoms with Gasteiger partial charge in [-0.3, -0.25) is 9.89 Å². The Morgan fingerprint density at radius 2 is 2.15 bits per heavy atom. The van der Waals surface area contributed by atoms with E-state index in [0.29, 0.717) is 5.82 Å². The normalized spacial score (nSPS) is 11.7. The number of urea groups is 1. The van der Waals surface area contributed by atoms with Crippen LogP contribution in [0, 0.1) is 0 Å². The summed E-state index contributed by atoms with van der Waals surface area (Å²) in [6.07, 6.45) is 0.754. The van der Waals surface area contributed by atoms with Crippen molar-refractivity contribution >= 4 is 18.0 Å². The number of carbonyl (C=O) groups is 3. The number of hydrogen-bond acceptors (Lipinski definition) is 5. The van der Waals surface area contributed by atoms with E-state index < -0.39 is 24.0 Å². The first-order valence-corrected chi connectivity index (χ1v) is 5.70. The fraction of sp³-hybridized carbons (Fsp3) is 0.500. The molecule has 0 fully saturated rings. The zero-order valence-corrected chi connectivity index (χ0v) is 10.7. The van der Waals surface area contributed by atoms with E-state index in [-0.39, 0.29) is 19.4 Å². The van der Waals surface area contributed by atoms with E-state index in [0.717, 1.165) is 0 Å². The minimum absolute atomic E-state index is 0.122. The number of amides is 2. The Labute approximate surface area is 113 Å². The van der Waals surface area contributed by atoms with Gasteiger partial charge in [-0.2, -0.15) is 5.10 Å². The minimum atomic E-state index is -1.28. The summed E-state index contributed by atoms with van der Waals surface area (Å²) in [5, 5.41) is 25.9. The number of nitrogens with one attached hydrogen (secondary N) is 2. The van der Waals surface area contributed by atoms with Gasteiger partial charge in [0, 0.05) is 13.5 Å². The highest BCUT2D eigenvalue weighted by Gasteiger charge is 2.22. The van der Waals surface area contributed by atoms with Crippen LogP contribution in [0.2, 0.25) is 0 Å². The van der Waals surface area contributed by atoms with Crippen molar-refractivity contribution < 1.29 is 24.6 Å². The van der Waals surface area contributed by atoms with Crippen LogP contribution in [0.5, 0.6) is 0 Å². The second-order valence-corrected chi connectivity index (χ2v) is 4.06. The van der Waals surface area contributed by atoms with Crippen LogP contribution in [0.1, 0.15) is 18.7 Å². The van der Waals surface area contributed by atoms with Gasteiger partial charge in [-0.15, -0.1) is 0 Å². The molecule has 110 valence electrons. The summed E-state index contributed by atoms with van der Waals surface area (Å²) in [7, 11) is 1.45. The number of aromatic nitrogens is 3. The van der Waals surface area contributed by atoms with Gasteiger partial charge >= 0.3 is 18.0 Å². The molecule has 1 heterocycles. The Bertz CT molecular complexity index is 474. The Kier molecular flexibility index (Phi) is 5.44. The number of aromatic amines is 1. The van der Waals surface area contributed by atoms with Gasteiger partial charge in [0.15, 0.2) is 0 Å². The molecule has 20 heavy (non-hydrogen) atoms. The number of nitrogens with zero attached hydrogens (tertiary/aromatic N) is 3. The number of H-pyrrole nitrogens is 1. The van der Waals surface area contributed by atoms with Crippen molar-refractivity contribution in [3.8, 4) is 0 Å². The lowest BCUT2D eigenvalue weighted by atomic mass is 10.1. The van der Waals surface area contributed by atoms with Crippen LogP contribution in [0.4, 0.5) is 4.79 Å². The topological polar surface area (TPSA) is 149 Å². The molecule has 1 aromatic heterocycles. The molecule has 0 bridgehead atoms. The van der Waals surface area contributed by atoms with Gasteiger partial charge in [0.25, 0.3) is 0 Å². The summed E-state index contributed by atoms with van der Waals surface area (Å²) in [5.41, 5.74) is 0. The smallest absolute Gasteiger partial charge is 0.326 e. The van der Waals surface area contributed by atoms with Crippen molar-refractivity contribution in [3.63, 3.8) is 0 Å². The van der Waals surface area contributed by atoms with Gasteiger partial charge in [-0.05, 0) is 6.42 Å². The Morgan fingerprint density at radius 3 is 2.65 bits per heavy atom. The van der Waals surface area contributed by atoms with Gasteiger partial charge in [0.05, 0.1) is 6.54 Å². The van der Waals surface area contributed by atoms with Crippen LogP contribution in [-0.4, -0.2) is 61.4 Å². The Morgan fingerprint density at radius 1 is 1.45 bits per heavy atom. The zero-order valence-electron chi connectivity index (χ0n) is 10.7. The molecule has 10 nitrogen and oxygen atoms in total. The van der Waals surface area contributed by atoms with E-state index in [1.54, 1.807) is 0 Å². The maximum absolute atomic E-state index is 11.8. The molecule has 0 aliphatic rings. The first-order valence-electron chi connectivity index (χ1n) is 5.70. The van der Waals surface area contributed by atoms with E-state index in [9.17, 15) is 14.4 Å². The molecule has 4 N–H and O–H groups in total. The van der Waals surface area contributed by atoms with Crippen molar-refractivity contribution in [2.24, 2.45) is 0 Å². The van der Waals surface area contributed by atoms with Gasteiger partial charge < -0.3 is 20.4 Å². The third kappa shape index (κ3) is 4.92. The molecule has 2 amide bonds. The van der Waals surface area contributed by atoms with Gasteiger partial charge in [0.1, 0.15) is 18.2 Å². The number of carboxylic acids is 2. The molecule has 0 aliphatic carbocycles. The first-order chi connectivity index (χ1) is 9.40. The second kappa shape index (κ2) is 7.07. The summed E-state index contributed by atoms with van der Waals surface area (Å²) in [4.78, 5) is 38.2. The monoisotopic (exact) mass is 285 g/mol. The van der Waals surface area contributed by atoms with Crippen LogP contribution < -0.4 is 5.32 Å². The highest BCUT2D eigenvalue weighted by molar-refractivity contribution is 5.82. The largest absolute Gasteiger partial charge is 0.481 e. The fourth-order valence-corrected chi connectivity index (χ4v) is 1.39. The van der Waals surface area contributed by atoms with Crippen LogP contribution in [0.3, 0.4) is 0 Å². The molecular formula is C10H15N5O5. The van der Waals surface area contributed by atoms with Crippen molar-refractivity contribution in [1.29, 1.82) is 0 Å².